The Morgan fingerprint density at radius 3 is 2.62 bits per heavy atom. The summed E-state index contributed by atoms with van der Waals surface area (Å²) in [6, 6.07) is 2.78. The van der Waals surface area contributed by atoms with E-state index in [1.54, 1.807) is 0 Å². The van der Waals surface area contributed by atoms with Gasteiger partial charge in [-0.3, -0.25) is 0 Å². The van der Waals surface area contributed by atoms with E-state index >= 15 is 0 Å². The van der Waals surface area contributed by atoms with Crippen molar-refractivity contribution in [1.82, 2.24) is 15.5 Å². The fourth-order valence-electron chi connectivity index (χ4n) is 3.16. The Morgan fingerprint density at radius 1 is 1.29 bits per heavy atom. The molecule has 1 fully saturated rings. The van der Waals surface area contributed by atoms with Gasteiger partial charge in [0, 0.05) is 19.1 Å². The lowest BCUT2D eigenvalue weighted by Gasteiger charge is -2.35. The quantitative estimate of drug-likeness (QED) is 0.898. The van der Waals surface area contributed by atoms with E-state index in [1.807, 2.05) is 0 Å². The number of likely N-dealkylation sites (N-methyl/N-ethyl adjacent to an activating group) is 1. The van der Waals surface area contributed by atoms with Crippen molar-refractivity contribution in [3.8, 4) is 6.07 Å². The van der Waals surface area contributed by atoms with Crippen LogP contribution in [-0.4, -0.2) is 35.9 Å². The predicted molar refractivity (Wildman–Crippen MR) is 84.4 cm³/mol. The van der Waals surface area contributed by atoms with Gasteiger partial charge in [-0.1, -0.05) is 13.8 Å². The number of aryl methyl sites for hydroxylation is 1. The number of nitriles is 1. The minimum atomic E-state index is 0.405. The first-order chi connectivity index (χ1) is 10.3. The van der Waals surface area contributed by atoms with E-state index in [-0.39, 0.29) is 0 Å². The monoisotopic (exact) mass is 287 g/mol. The Kier molecular flexibility index (Phi) is 5.51. The van der Waals surface area contributed by atoms with Crippen LogP contribution in [0.4, 0.5) is 5.82 Å². The third-order valence-electron chi connectivity index (χ3n) is 4.26. The molecule has 1 aromatic heterocycles. The van der Waals surface area contributed by atoms with Crippen molar-refractivity contribution >= 4 is 5.82 Å². The van der Waals surface area contributed by atoms with Crippen molar-refractivity contribution in [3.05, 3.63) is 16.8 Å². The second-order valence-electron chi connectivity index (χ2n) is 5.43. The normalized spacial score (nSPS) is 18.3. The number of rotatable bonds is 5. The summed E-state index contributed by atoms with van der Waals surface area (Å²) >= 11 is 0. The Morgan fingerprint density at radius 2 is 2.10 bits per heavy atom. The van der Waals surface area contributed by atoms with E-state index in [0.29, 0.717) is 6.04 Å². The molecule has 0 saturated carbocycles. The molecule has 0 amide bonds. The molecule has 0 aromatic carbocycles. The van der Waals surface area contributed by atoms with Gasteiger partial charge in [0.15, 0.2) is 5.82 Å². The highest BCUT2D eigenvalue weighted by Gasteiger charge is 2.25. The van der Waals surface area contributed by atoms with Crippen molar-refractivity contribution < 1.29 is 0 Å². The Bertz CT molecular complexity index is 514. The maximum atomic E-state index is 9.63. The van der Waals surface area contributed by atoms with E-state index in [0.717, 1.165) is 61.5 Å². The van der Waals surface area contributed by atoms with Gasteiger partial charge >= 0.3 is 0 Å². The second-order valence-corrected chi connectivity index (χ2v) is 5.43. The van der Waals surface area contributed by atoms with Gasteiger partial charge in [0.05, 0.1) is 5.69 Å². The average Bonchev–Trinajstić information content (AvgIpc) is 2.55. The molecule has 2 heterocycles. The molecule has 0 radical (unpaired) electrons. The van der Waals surface area contributed by atoms with Gasteiger partial charge < -0.3 is 10.2 Å². The molecule has 5 nitrogen and oxygen atoms in total. The van der Waals surface area contributed by atoms with E-state index in [1.165, 1.54) is 6.42 Å². The van der Waals surface area contributed by atoms with Crippen molar-refractivity contribution in [2.24, 2.45) is 0 Å². The van der Waals surface area contributed by atoms with E-state index in [4.69, 9.17) is 0 Å². The first kappa shape index (κ1) is 15.7. The van der Waals surface area contributed by atoms with Crippen LogP contribution in [0.25, 0.3) is 0 Å². The molecule has 1 N–H and O–H groups in total. The summed E-state index contributed by atoms with van der Waals surface area (Å²) in [4.78, 5) is 2.25. The zero-order valence-corrected chi connectivity index (χ0v) is 13.3. The zero-order chi connectivity index (χ0) is 15.2. The molecule has 1 aliphatic rings. The van der Waals surface area contributed by atoms with Crippen LogP contribution in [0.1, 0.15) is 50.4 Å². The van der Waals surface area contributed by atoms with Crippen molar-refractivity contribution in [2.45, 2.75) is 52.5 Å². The summed E-state index contributed by atoms with van der Waals surface area (Å²) in [5.74, 6) is 0.766. The van der Waals surface area contributed by atoms with Gasteiger partial charge in [-0.25, -0.2) is 0 Å². The van der Waals surface area contributed by atoms with Crippen LogP contribution in [-0.2, 0) is 12.8 Å². The Labute approximate surface area is 127 Å². The molecule has 2 rings (SSSR count). The number of hydrogen-bond donors (Lipinski definition) is 1. The molecule has 1 saturated heterocycles. The fraction of sp³-hybridized carbons (Fsp3) is 0.688. The standard InChI is InChI=1S/C16H25N5/c1-4-13-14(10-17)16(20-19-15(13)5-2)21(6-3)12-8-7-9-18-11-12/h12,18H,4-9,11H2,1-3H3. The lowest BCUT2D eigenvalue weighted by atomic mass is 10.0. The summed E-state index contributed by atoms with van der Waals surface area (Å²) in [6.07, 6.45) is 3.96. The Hall–Kier alpha value is -1.67. The van der Waals surface area contributed by atoms with E-state index < -0.39 is 0 Å². The van der Waals surface area contributed by atoms with Crippen LogP contribution in [0.2, 0.25) is 0 Å². The predicted octanol–water partition coefficient (Wildman–Crippen LogP) is 2.05. The van der Waals surface area contributed by atoms with Crippen molar-refractivity contribution in [2.75, 3.05) is 24.5 Å². The van der Waals surface area contributed by atoms with E-state index in [2.05, 4.69) is 47.3 Å². The summed E-state index contributed by atoms with van der Waals surface area (Å²) in [5, 5.41) is 21.8. The fourth-order valence-corrected chi connectivity index (χ4v) is 3.16. The minimum absolute atomic E-state index is 0.405. The average molecular weight is 287 g/mol. The molecule has 1 unspecified atom stereocenters. The van der Waals surface area contributed by atoms with Gasteiger partial charge in [-0.2, -0.15) is 10.4 Å². The minimum Gasteiger partial charge on any atom is -0.350 e. The highest BCUT2D eigenvalue weighted by atomic mass is 15.3. The Balaban J connectivity index is 2.43. The zero-order valence-electron chi connectivity index (χ0n) is 13.3. The van der Waals surface area contributed by atoms with Gasteiger partial charge in [-0.15, -0.1) is 5.10 Å². The maximum Gasteiger partial charge on any atom is 0.169 e. The lowest BCUT2D eigenvalue weighted by molar-refractivity contribution is 0.432. The molecule has 5 heteroatoms. The molecule has 114 valence electrons. The molecule has 21 heavy (non-hydrogen) atoms. The van der Waals surface area contributed by atoms with Crippen molar-refractivity contribution in [1.29, 1.82) is 5.26 Å². The number of hydrogen-bond acceptors (Lipinski definition) is 5. The van der Waals surface area contributed by atoms with Gasteiger partial charge in [-0.05, 0) is 44.7 Å². The maximum absolute atomic E-state index is 9.63. The van der Waals surface area contributed by atoms with Crippen LogP contribution in [0.3, 0.4) is 0 Å². The van der Waals surface area contributed by atoms with Gasteiger partial charge in [0.2, 0.25) is 0 Å². The number of nitrogens with zero attached hydrogens (tertiary/aromatic N) is 4. The summed E-state index contributed by atoms with van der Waals surface area (Å²) in [5.41, 5.74) is 2.74. The van der Waals surface area contributed by atoms with Crippen LogP contribution in [0.15, 0.2) is 0 Å². The molecule has 1 atom stereocenters. The highest BCUT2D eigenvalue weighted by molar-refractivity contribution is 5.58. The summed E-state index contributed by atoms with van der Waals surface area (Å²) < 4.78 is 0. The molecule has 0 bridgehead atoms. The number of piperidine rings is 1. The number of nitrogens with one attached hydrogen (secondary N) is 1. The third-order valence-corrected chi connectivity index (χ3v) is 4.26. The molecule has 1 aliphatic heterocycles. The summed E-state index contributed by atoms with van der Waals surface area (Å²) in [6.45, 7) is 9.16. The molecular formula is C16H25N5. The van der Waals surface area contributed by atoms with Crippen LogP contribution in [0, 0.1) is 11.3 Å². The topological polar surface area (TPSA) is 64.8 Å². The number of aromatic nitrogens is 2. The highest BCUT2D eigenvalue weighted by Crippen LogP contribution is 2.26. The van der Waals surface area contributed by atoms with E-state index in [9.17, 15) is 5.26 Å². The molecule has 0 spiro atoms. The van der Waals surface area contributed by atoms with Gasteiger partial charge in [0.25, 0.3) is 0 Å². The smallest absolute Gasteiger partial charge is 0.169 e. The first-order valence-electron chi connectivity index (χ1n) is 8.02. The summed E-state index contributed by atoms with van der Waals surface area (Å²) in [7, 11) is 0. The molecule has 1 aromatic rings. The number of anilines is 1. The van der Waals surface area contributed by atoms with Crippen LogP contribution < -0.4 is 10.2 Å². The lowest BCUT2D eigenvalue weighted by Crippen LogP contribution is -2.47. The first-order valence-corrected chi connectivity index (χ1v) is 8.02. The van der Waals surface area contributed by atoms with Crippen molar-refractivity contribution in [3.63, 3.8) is 0 Å². The largest absolute Gasteiger partial charge is 0.350 e. The van der Waals surface area contributed by atoms with Crippen LogP contribution in [0.5, 0.6) is 0 Å². The molecular weight excluding hydrogens is 262 g/mol. The molecule has 0 aliphatic carbocycles. The van der Waals surface area contributed by atoms with Crippen LogP contribution >= 0.6 is 0 Å². The van der Waals surface area contributed by atoms with Gasteiger partial charge in [0.1, 0.15) is 11.6 Å². The SMILES string of the molecule is CCc1nnc(N(CC)C2CCCNC2)c(C#N)c1CC. The second kappa shape index (κ2) is 7.37. The third kappa shape index (κ3) is 3.16.